The van der Waals surface area contributed by atoms with Gasteiger partial charge < -0.3 is 4.90 Å². The summed E-state index contributed by atoms with van der Waals surface area (Å²) in [5, 5.41) is 3.88. The fourth-order valence-corrected chi connectivity index (χ4v) is 6.09. The Bertz CT molecular complexity index is 1200. The lowest BCUT2D eigenvalue weighted by molar-refractivity contribution is -0.150. The Morgan fingerprint density at radius 3 is 2.31 bits per heavy atom. The van der Waals surface area contributed by atoms with Crippen molar-refractivity contribution >= 4 is 29.3 Å². The summed E-state index contributed by atoms with van der Waals surface area (Å²) in [5.74, 6) is -2.86. The van der Waals surface area contributed by atoms with Gasteiger partial charge in [-0.2, -0.15) is 13.2 Å². The highest BCUT2D eigenvalue weighted by atomic mass is 35.5. The molecular weight excluding hydrogens is 495 g/mol. The van der Waals surface area contributed by atoms with Gasteiger partial charge in [0, 0.05) is 30.7 Å². The lowest BCUT2D eigenvalue weighted by Gasteiger charge is -2.42. The molecule has 2 aromatic carbocycles. The van der Waals surface area contributed by atoms with Gasteiger partial charge in [-0.05, 0) is 55.2 Å². The van der Waals surface area contributed by atoms with Crippen molar-refractivity contribution in [1.29, 1.82) is 0 Å². The van der Waals surface area contributed by atoms with Crippen LogP contribution in [0.4, 0.5) is 13.2 Å². The van der Waals surface area contributed by atoms with E-state index in [9.17, 15) is 27.6 Å². The standard InChI is InChI=1S/C26H25ClF3N3O3/c1-2-33-22(34)19-20(23(33)35)25(31-21(19)16-6-8-17(9-7-16)26(28,29)30)12-3-13-32(24(25)36)14-15-4-10-18(27)11-5-15/h4-11,19-21,31H,2-3,12-14H2,1H3/t19-,20-,21-,25-/m1/s1. The molecule has 1 spiro atoms. The topological polar surface area (TPSA) is 69.7 Å². The maximum absolute atomic E-state index is 14.0. The Morgan fingerprint density at radius 1 is 1.03 bits per heavy atom. The largest absolute Gasteiger partial charge is 0.416 e. The number of carbonyl (C=O) groups is 3. The van der Waals surface area contributed by atoms with Crippen molar-refractivity contribution in [2.24, 2.45) is 11.8 Å². The van der Waals surface area contributed by atoms with Crippen LogP contribution in [0, 0.1) is 11.8 Å². The summed E-state index contributed by atoms with van der Waals surface area (Å²) in [6.07, 6.45) is -3.52. The number of alkyl halides is 3. The zero-order valence-corrected chi connectivity index (χ0v) is 20.3. The molecule has 0 unspecified atom stereocenters. The van der Waals surface area contributed by atoms with E-state index in [1.165, 1.54) is 17.0 Å². The van der Waals surface area contributed by atoms with E-state index in [-0.39, 0.29) is 12.5 Å². The number of halogens is 4. The number of piperidine rings is 1. The number of likely N-dealkylation sites (tertiary alicyclic amines) is 2. The number of carbonyl (C=O) groups excluding carboxylic acids is 3. The van der Waals surface area contributed by atoms with Crippen LogP contribution in [0.2, 0.25) is 5.02 Å². The fraction of sp³-hybridized carbons (Fsp3) is 0.423. The van der Waals surface area contributed by atoms with Crippen LogP contribution in [0.3, 0.4) is 0 Å². The first-order valence-electron chi connectivity index (χ1n) is 11.9. The summed E-state index contributed by atoms with van der Waals surface area (Å²) in [7, 11) is 0. The van der Waals surface area contributed by atoms with Crippen molar-refractivity contribution in [2.45, 2.75) is 44.1 Å². The second-order valence-electron chi connectivity index (χ2n) is 9.59. The summed E-state index contributed by atoms with van der Waals surface area (Å²) in [4.78, 5) is 43.6. The molecule has 0 saturated carbocycles. The minimum absolute atomic E-state index is 0.170. The van der Waals surface area contributed by atoms with Crippen LogP contribution in [0.1, 0.15) is 42.5 Å². The van der Waals surface area contributed by atoms with E-state index in [4.69, 9.17) is 11.6 Å². The van der Waals surface area contributed by atoms with Crippen molar-refractivity contribution in [3.05, 3.63) is 70.2 Å². The van der Waals surface area contributed by atoms with Gasteiger partial charge in [0.25, 0.3) is 0 Å². The monoisotopic (exact) mass is 519 g/mol. The second-order valence-corrected chi connectivity index (χ2v) is 10.0. The molecule has 4 atom stereocenters. The first-order chi connectivity index (χ1) is 17.1. The summed E-state index contributed by atoms with van der Waals surface area (Å²) in [6.45, 7) is 2.68. The molecule has 190 valence electrons. The van der Waals surface area contributed by atoms with E-state index in [0.29, 0.717) is 36.5 Å². The molecule has 3 saturated heterocycles. The smallest absolute Gasteiger partial charge is 0.337 e. The SMILES string of the molecule is CCN1C(=O)[C@H]2[C@@H](c3ccc(C(F)(F)F)cc3)N[C@]3(CCCN(Cc4ccc(Cl)cc4)C3=O)[C@H]2C1=O. The number of nitrogens with one attached hydrogen (secondary N) is 1. The molecule has 3 heterocycles. The fourth-order valence-electron chi connectivity index (χ4n) is 5.97. The zero-order valence-electron chi connectivity index (χ0n) is 19.5. The van der Waals surface area contributed by atoms with Crippen LogP contribution in [0.25, 0.3) is 0 Å². The summed E-state index contributed by atoms with van der Waals surface area (Å²) < 4.78 is 39.4. The van der Waals surface area contributed by atoms with Crippen molar-refractivity contribution in [3.8, 4) is 0 Å². The van der Waals surface area contributed by atoms with E-state index < -0.39 is 47.0 Å². The van der Waals surface area contributed by atoms with Gasteiger partial charge in [0.1, 0.15) is 5.54 Å². The molecule has 36 heavy (non-hydrogen) atoms. The minimum atomic E-state index is -4.49. The van der Waals surface area contributed by atoms with E-state index in [1.807, 2.05) is 12.1 Å². The zero-order chi connectivity index (χ0) is 25.8. The average molecular weight is 520 g/mol. The number of benzene rings is 2. The summed E-state index contributed by atoms with van der Waals surface area (Å²) >= 11 is 5.98. The first-order valence-corrected chi connectivity index (χ1v) is 12.3. The molecule has 5 rings (SSSR count). The molecule has 3 amide bonds. The van der Waals surface area contributed by atoms with E-state index in [0.717, 1.165) is 17.7 Å². The van der Waals surface area contributed by atoms with Crippen molar-refractivity contribution < 1.29 is 27.6 Å². The normalized spacial score (nSPS) is 28.4. The summed E-state index contributed by atoms with van der Waals surface area (Å²) in [5.41, 5.74) is -0.791. The van der Waals surface area contributed by atoms with Gasteiger partial charge in [0.2, 0.25) is 17.7 Å². The van der Waals surface area contributed by atoms with Crippen LogP contribution in [0.5, 0.6) is 0 Å². The van der Waals surface area contributed by atoms with Crippen LogP contribution in [-0.4, -0.2) is 46.1 Å². The molecule has 2 aromatic rings. The quantitative estimate of drug-likeness (QED) is 0.615. The van der Waals surface area contributed by atoms with Crippen molar-refractivity contribution in [3.63, 3.8) is 0 Å². The third-order valence-electron chi connectivity index (χ3n) is 7.61. The molecule has 3 aliphatic rings. The molecule has 3 aliphatic heterocycles. The highest BCUT2D eigenvalue weighted by Gasteiger charge is 2.68. The number of nitrogens with zero attached hydrogens (tertiary/aromatic N) is 2. The van der Waals surface area contributed by atoms with E-state index >= 15 is 0 Å². The van der Waals surface area contributed by atoms with E-state index in [1.54, 1.807) is 24.0 Å². The minimum Gasteiger partial charge on any atom is -0.337 e. The van der Waals surface area contributed by atoms with Crippen LogP contribution in [-0.2, 0) is 27.1 Å². The van der Waals surface area contributed by atoms with Gasteiger partial charge in [-0.1, -0.05) is 35.9 Å². The Kier molecular flexibility index (Phi) is 6.11. The van der Waals surface area contributed by atoms with Gasteiger partial charge in [-0.25, -0.2) is 0 Å². The molecule has 10 heteroatoms. The number of fused-ring (bicyclic) bond motifs is 2. The number of hydrogen-bond donors (Lipinski definition) is 1. The van der Waals surface area contributed by atoms with Crippen LogP contribution < -0.4 is 5.32 Å². The van der Waals surface area contributed by atoms with E-state index in [2.05, 4.69) is 5.32 Å². The Morgan fingerprint density at radius 2 is 1.69 bits per heavy atom. The Labute approximate surface area is 211 Å². The molecule has 6 nitrogen and oxygen atoms in total. The van der Waals surface area contributed by atoms with Crippen LogP contribution in [0.15, 0.2) is 48.5 Å². The predicted octanol–water partition coefficient (Wildman–Crippen LogP) is 4.19. The van der Waals surface area contributed by atoms with Crippen molar-refractivity contribution in [1.82, 2.24) is 15.1 Å². The first kappa shape index (κ1) is 24.8. The highest BCUT2D eigenvalue weighted by molar-refractivity contribution is 6.30. The lowest BCUT2D eigenvalue weighted by atomic mass is 9.74. The Balaban J connectivity index is 1.52. The third-order valence-corrected chi connectivity index (χ3v) is 7.87. The second kappa shape index (κ2) is 8.88. The average Bonchev–Trinajstić information content (AvgIpc) is 3.31. The number of imide groups is 1. The van der Waals surface area contributed by atoms with Crippen molar-refractivity contribution in [2.75, 3.05) is 13.1 Å². The Hall–Kier alpha value is -2.91. The molecule has 3 fully saturated rings. The number of hydrogen-bond acceptors (Lipinski definition) is 4. The lowest BCUT2D eigenvalue weighted by Crippen LogP contribution is -2.63. The maximum Gasteiger partial charge on any atom is 0.416 e. The van der Waals surface area contributed by atoms with Gasteiger partial charge in [-0.15, -0.1) is 0 Å². The van der Waals surface area contributed by atoms with Gasteiger partial charge >= 0.3 is 6.18 Å². The molecule has 0 aliphatic carbocycles. The molecular formula is C26H25ClF3N3O3. The summed E-state index contributed by atoms with van der Waals surface area (Å²) in [6, 6.07) is 10.9. The third kappa shape index (κ3) is 3.89. The predicted molar refractivity (Wildman–Crippen MR) is 126 cm³/mol. The molecule has 0 radical (unpaired) electrons. The van der Waals surface area contributed by atoms with Gasteiger partial charge in [0.15, 0.2) is 0 Å². The van der Waals surface area contributed by atoms with Crippen LogP contribution >= 0.6 is 11.6 Å². The maximum atomic E-state index is 14.0. The molecule has 0 bridgehead atoms. The van der Waals surface area contributed by atoms with Gasteiger partial charge in [-0.3, -0.25) is 24.6 Å². The number of rotatable bonds is 4. The molecule has 1 N–H and O–H groups in total. The van der Waals surface area contributed by atoms with Gasteiger partial charge in [0.05, 0.1) is 17.4 Å². The molecule has 0 aromatic heterocycles. The number of amides is 3. The highest BCUT2D eigenvalue weighted by Crippen LogP contribution is 2.52.